The summed E-state index contributed by atoms with van der Waals surface area (Å²) in [6.45, 7) is -0.969. The van der Waals surface area contributed by atoms with Gasteiger partial charge in [-0.05, 0) is 12.8 Å². The van der Waals surface area contributed by atoms with Gasteiger partial charge >= 0.3 is 6.04 Å². The summed E-state index contributed by atoms with van der Waals surface area (Å²) >= 11 is 0. The Kier molecular flexibility index (Phi) is 5.51. The number of alkyl halides is 1. The van der Waals surface area contributed by atoms with Crippen LogP contribution >= 0.6 is 0 Å². The Bertz CT molecular complexity index is 145. The average Bonchev–Trinajstić information content (AvgIpc) is 1.97. The topological polar surface area (TPSA) is 34.1 Å². The molecule has 0 saturated heterocycles. The lowest BCUT2D eigenvalue weighted by Crippen LogP contribution is -1.99. The summed E-state index contributed by atoms with van der Waals surface area (Å²) in [5.74, 6) is -0.490. The first-order chi connectivity index (χ1) is 5.16. The van der Waals surface area contributed by atoms with Crippen LogP contribution in [0.2, 0.25) is 0 Å². The van der Waals surface area contributed by atoms with E-state index >= 15 is 0 Å². The Morgan fingerprint density at radius 2 is 1.64 bits per heavy atom. The number of unbranched alkanes of at least 4 members (excludes halogenated alkanes) is 1. The molecule has 0 aromatic heterocycles. The quantitative estimate of drug-likeness (QED) is 0.441. The summed E-state index contributed by atoms with van der Waals surface area (Å²) in [5.41, 5.74) is 0. The third-order valence-electron chi connectivity index (χ3n) is 1.23. The number of carbonyl (C=O) groups is 2. The predicted octanol–water partition coefficient (Wildman–Crippen LogP) is 1.58. The molecule has 0 atom stereocenters. The number of carbonyl (C=O) groups excluding carboxylic acids is 2. The van der Waals surface area contributed by atoms with Crippen molar-refractivity contribution < 1.29 is 18.4 Å². The Morgan fingerprint density at radius 1 is 1.09 bits per heavy atom. The minimum absolute atomic E-state index is 0.101. The third-order valence-corrected chi connectivity index (χ3v) is 1.23. The molecule has 0 aliphatic carbocycles. The molecule has 0 aliphatic heterocycles. The summed E-state index contributed by atoms with van der Waals surface area (Å²) < 4.78 is 23.0. The van der Waals surface area contributed by atoms with Crippen molar-refractivity contribution in [3.05, 3.63) is 0 Å². The highest BCUT2D eigenvalue weighted by Gasteiger charge is 2.01. The van der Waals surface area contributed by atoms with Crippen LogP contribution in [0.4, 0.5) is 8.78 Å². The SMILES string of the molecule is O=C(F)CCCCC(=O)CF. The van der Waals surface area contributed by atoms with Gasteiger partial charge in [-0.1, -0.05) is 0 Å². The standard InChI is InChI=1S/C7H10F2O2/c8-5-6(10)3-1-2-4-7(9)11/h1-5H2. The maximum absolute atomic E-state index is 11.5. The van der Waals surface area contributed by atoms with E-state index in [4.69, 9.17) is 0 Å². The van der Waals surface area contributed by atoms with E-state index in [1.807, 2.05) is 0 Å². The Balaban J connectivity index is 3.14. The molecule has 11 heavy (non-hydrogen) atoms. The Labute approximate surface area is 63.6 Å². The molecule has 2 nitrogen and oxygen atoms in total. The number of hydrogen-bond acceptors (Lipinski definition) is 2. The highest BCUT2D eigenvalue weighted by molar-refractivity contribution is 5.79. The summed E-state index contributed by atoms with van der Waals surface area (Å²) in [6.07, 6.45) is 0.642. The summed E-state index contributed by atoms with van der Waals surface area (Å²) in [5, 5.41) is 0. The molecule has 0 fully saturated rings. The molecule has 0 saturated carbocycles. The molecule has 0 aromatic rings. The second-order valence-corrected chi connectivity index (χ2v) is 2.23. The molecule has 0 aliphatic rings. The fraction of sp³-hybridized carbons (Fsp3) is 0.714. The summed E-state index contributed by atoms with van der Waals surface area (Å²) in [6, 6.07) is -1.38. The van der Waals surface area contributed by atoms with Gasteiger partial charge in [0.1, 0.15) is 6.67 Å². The first-order valence-corrected chi connectivity index (χ1v) is 3.43. The summed E-state index contributed by atoms with van der Waals surface area (Å²) in [4.78, 5) is 20.0. The third kappa shape index (κ3) is 7.09. The lowest BCUT2D eigenvalue weighted by Gasteiger charge is -1.93. The average molecular weight is 164 g/mol. The van der Waals surface area contributed by atoms with Crippen molar-refractivity contribution >= 4 is 11.8 Å². The second-order valence-electron chi connectivity index (χ2n) is 2.23. The largest absolute Gasteiger partial charge is 0.301 e. The van der Waals surface area contributed by atoms with Gasteiger partial charge in [-0.15, -0.1) is 0 Å². The minimum Gasteiger partial charge on any atom is -0.297 e. The lowest BCUT2D eigenvalue weighted by molar-refractivity contribution is -0.129. The van der Waals surface area contributed by atoms with Crippen molar-refractivity contribution in [1.82, 2.24) is 0 Å². The summed E-state index contributed by atoms with van der Waals surface area (Å²) in [7, 11) is 0. The molecule has 0 unspecified atom stereocenters. The van der Waals surface area contributed by atoms with Crippen LogP contribution in [0.15, 0.2) is 0 Å². The normalized spacial score (nSPS) is 9.64. The van der Waals surface area contributed by atoms with Crippen LogP contribution in [0, 0.1) is 0 Å². The Morgan fingerprint density at radius 3 is 2.09 bits per heavy atom. The molecule has 0 radical (unpaired) electrons. The number of halogens is 2. The van der Waals surface area contributed by atoms with Gasteiger partial charge in [-0.2, -0.15) is 4.39 Å². The van der Waals surface area contributed by atoms with Gasteiger partial charge in [0.2, 0.25) is 0 Å². The number of ketones is 1. The molecule has 64 valence electrons. The molecular formula is C7H10F2O2. The molecule has 0 heterocycles. The minimum atomic E-state index is -1.38. The van der Waals surface area contributed by atoms with Crippen LogP contribution in [-0.4, -0.2) is 18.5 Å². The molecule has 0 bridgehead atoms. The van der Waals surface area contributed by atoms with Crippen LogP contribution in [0.25, 0.3) is 0 Å². The molecule has 0 spiro atoms. The molecular weight excluding hydrogens is 154 g/mol. The maximum atomic E-state index is 11.5. The number of Topliss-reactive ketones (excluding diaryl/α,β-unsaturated/α-hetero) is 1. The van der Waals surface area contributed by atoms with Crippen LogP contribution in [-0.2, 0) is 9.59 Å². The highest BCUT2D eigenvalue weighted by Crippen LogP contribution is 2.01. The van der Waals surface area contributed by atoms with Gasteiger partial charge in [0, 0.05) is 12.8 Å². The van der Waals surface area contributed by atoms with E-state index in [-0.39, 0.29) is 12.8 Å². The molecule has 0 N–H and O–H groups in total. The van der Waals surface area contributed by atoms with Gasteiger partial charge < -0.3 is 0 Å². The lowest BCUT2D eigenvalue weighted by atomic mass is 10.1. The van der Waals surface area contributed by atoms with E-state index in [0.717, 1.165) is 0 Å². The van der Waals surface area contributed by atoms with Gasteiger partial charge in [-0.3, -0.25) is 9.59 Å². The fourth-order valence-electron chi connectivity index (χ4n) is 0.653. The van der Waals surface area contributed by atoms with Gasteiger partial charge in [0.15, 0.2) is 5.78 Å². The second kappa shape index (κ2) is 5.95. The van der Waals surface area contributed by atoms with Crippen molar-refractivity contribution in [2.45, 2.75) is 25.7 Å². The predicted molar refractivity (Wildman–Crippen MR) is 35.6 cm³/mol. The van der Waals surface area contributed by atoms with E-state index in [1.54, 1.807) is 0 Å². The highest BCUT2D eigenvalue weighted by atomic mass is 19.1. The molecule has 0 amide bonds. The zero-order valence-electron chi connectivity index (χ0n) is 6.11. The number of rotatable bonds is 6. The zero-order chi connectivity index (χ0) is 8.69. The Hall–Kier alpha value is -0.800. The van der Waals surface area contributed by atoms with Gasteiger partial charge in [0.25, 0.3) is 0 Å². The molecule has 0 aromatic carbocycles. The van der Waals surface area contributed by atoms with E-state index < -0.39 is 18.5 Å². The number of hydrogen-bond donors (Lipinski definition) is 0. The zero-order valence-corrected chi connectivity index (χ0v) is 6.11. The van der Waals surface area contributed by atoms with Gasteiger partial charge in [0.05, 0.1) is 0 Å². The van der Waals surface area contributed by atoms with Crippen LogP contribution in [0.5, 0.6) is 0 Å². The van der Waals surface area contributed by atoms with Crippen LogP contribution < -0.4 is 0 Å². The molecule has 0 rings (SSSR count). The smallest absolute Gasteiger partial charge is 0.297 e. The van der Waals surface area contributed by atoms with Crippen molar-refractivity contribution in [1.29, 1.82) is 0 Å². The van der Waals surface area contributed by atoms with E-state index in [1.165, 1.54) is 0 Å². The first kappa shape index (κ1) is 10.2. The van der Waals surface area contributed by atoms with Gasteiger partial charge in [-0.25, -0.2) is 4.39 Å². The van der Waals surface area contributed by atoms with Crippen LogP contribution in [0.1, 0.15) is 25.7 Å². The fourth-order valence-corrected chi connectivity index (χ4v) is 0.653. The first-order valence-electron chi connectivity index (χ1n) is 3.43. The van der Waals surface area contributed by atoms with Crippen molar-refractivity contribution in [2.75, 3.05) is 6.67 Å². The maximum Gasteiger partial charge on any atom is 0.301 e. The van der Waals surface area contributed by atoms with Crippen molar-refractivity contribution in [3.63, 3.8) is 0 Å². The van der Waals surface area contributed by atoms with E-state index in [2.05, 4.69) is 0 Å². The van der Waals surface area contributed by atoms with Crippen LogP contribution in [0.3, 0.4) is 0 Å². The van der Waals surface area contributed by atoms with Crippen molar-refractivity contribution in [3.8, 4) is 0 Å². The van der Waals surface area contributed by atoms with E-state index in [0.29, 0.717) is 12.8 Å². The van der Waals surface area contributed by atoms with E-state index in [9.17, 15) is 18.4 Å². The molecule has 4 heteroatoms. The monoisotopic (exact) mass is 164 g/mol. The van der Waals surface area contributed by atoms with Crippen molar-refractivity contribution in [2.24, 2.45) is 0 Å².